The fourth-order valence-corrected chi connectivity index (χ4v) is 2.52. The van der Waals surface area contributed by atoms with Crippen LogP contribution in [0.1, 0.15) is 16.1 Å². The maximum atomic E-state index is 12.5. The number of nitrogens with zero attached hydrogens (tertiary/aromatic N) is 3. The van der Waals surface area contributed by atoms with E-state index in [-0.39, 0.29) is 11.6 Å². The number of pyridine rings is 1. The van der Waals surface area contributed by atoms with Gasteiger partial charge in [0, 0.05) is 37.4 Å². The number of nitrogens with one attached hydrogen (secondary N) is 2. The first kappa shape index (κ1) is 18.0. The average Bonchev–Trinajstić information content (AvgIpc) is 2.69. The Kier molecular flexibility index (Phi) is 5.33. The van der Waals surface area contributed by atoms with Gasteiger partial charge in [0.15, 0.2) is 0 Å². The number of para-hydroxylation sites is 1. The summed E-state index contributed by atoms with van der Waals surface area (Å²) < 4.78 is 0. The number of carbonyl (C=O) groups is 1. The Morgan fingerprint density at radius 2 is 1.78 bits per heavy atom. The van der Waals surface area contributed by atoms with Crippen molar-refractivity contribution in [1.82, 2.24) is 4.98 Å². The van der Waals surface area contributed by atoms with E-state index in [9.17, 15) is 4.79 Å². The molecular formula is C21H19N5O. The summed E-state index contributed by atoms with van der Waals surface area (Å²) in [7, 11) is 3.97. The zero-order chi connectivity index (χ0) is 19.2. The Morgan fingerprint density at radius 1 is 1.04 bits per heavy atom. The quantitative estimate of drug-likeness (QED) is 0.721. The molecule has 0 bridgehead atoms. The minimum absolute atomic E-state index is 0.262. The van der Waals surface area contributed by atoms with Gasteiger partial charge in [-0.1, -0.05) is 12.1 Å². The standard InChI is InChI=1S/C21H19N5O/c1-26(2)18-9-7-16(8-10-18)24-17-11-12-23-20(13-17)21(27)25-19-6-4-3-5-15(19)14-22/h3-13H,1-2H3,(H,23,24)(H,25,27). The van der Waals surface area contributed by atoms with Crippen LogP contribution in [0.4, 0.5) is 22.7 Å². The number of hydrogen-bond acceptors (Lipinski definition) is 5. The molecule has 0 aliphatic carbocycles. The second kappa shape index (κ2) is 8.02. The Bertz CT molecular complexity index is 990. The zero-order valence-electron chi connectivity index (χ0n) is 15.1. The highest BCUT2D eigenvalue weighted by Gasteiger charge is 2.11. The molecule has 0 saturated heterocycles. The fraction of sp³-hybridized carbons (Fsp3) is 0.0952. The molecule has 0 fully saturated rings. The molecule has 1 aromatic heterocycles. The molecule has 0 aliphatic heterocycles. The third kappa shape index (κ3) is 4.41. The van der Waals surface area contributed by atoms with Gasteiger partial charge in [-0.15, -0.1) is 0 Å². The van der Waals surface area contributed by atoms with Crippen LogP contribution in [0, 0.1) is 11.3 Å². The molecule has 3 aromatic rings. The van der Waals surface area contributed by atoms with E-state index in [1.54, 1.807) is 42.6 Å². The molecular weight excluding hydrogens is 338 g/mol. The third-order valence-electron chi connectivity index (χ3n) is 3.96. The fourth-order valence-electron chi connectivity index (χ4n) is 2.52. The summed E-state index contributed by atoms with van der Waals surface area (Å²) in [6, 6.07) is 20.3. The molecule has 1 heterocycles. The minimum Gasteiger partial charge on any atom is -0.378 e. The van der Waals surface area contributed by atoms with E-state index in [1.165, 1.54) is 0 Å². The molecule has 2 N–H and O–H groups in total. The molecule has 6 heteroatoms. The van der Waals surface area contributed by atoms with E-state index < -0.39 is 0 Å². The minimum atomic E-state index is -0.371. The van der Waals surface area contributed by atoms with Gasteiger partial charge in [0.05, 0.1) is 11.3 Å². The smallest absolute Gasteiger partial charge is 0.274 e. The number of benzene rings is 2. The second-order valence-electron chi connectivity index (χ2n) is 6.11. The normalized spacial score (nSPS) is 9.96. The molecule has 6 nitrogen and oxygen atoms in total. The number of nitriles is 1. The van der Waals surface area contributed by atoms with Gasteiger partial charge in [-0.2, -0.15) is 5.26 Å². The summed E-state index contributed by atoms with van der Waals surface area (Å²) in [6.07, 6.45) is 1.57. The molecule has 3 rings (SSSR count). The van der Waals surface area contributed by atoms with E-state index in [0.29, 0.717) is 11.3 Å². The molecule has 1 amide bonds. The molecule has 0 aliphatic rings. The maximum absolute atomic E-state index is 12.5. The van der Waals surface area contributed by atoms with E-state index in [0.717, 1.165) is 17.1 Å². The van der Waals surface area contributed by atoms with Crippen LogP contribution in [0.15, 0.2) is 66.9 Å². The SMILES string of the molecule is CN(C)c1ccc(Nc2ccnc(C(=O)Nc3ccccc3C#N)c2)cc1. The number of anilines is 4. The van der Waals surface area contributed by atoms with Crippen LogP contribution in [0.5, 0.6) is 0 Å². The number of amides is 1. The first-order valence-electron chi connectivity index (χ1n) is 8.38. The number of rotatable bonds is 5. The molecule has 134 valence electrons. The van der Waals surface area contributed by atoms with Crippen LogP contribution >= 0.6 is 0 Å². The van der Waals surface area contributed by atoms with Gasteiger partial charge >= 0.3 is 0 Å². The molecule has 27 heavy (non-hydrogen) atoms. The van der Waals surface area contributed by atoms with Crippen molar-refractivity contribution in [2.75, 3.05) is 29.6 Å². The monoisotopic (exact) mass is 357 g/mol. The van der Waals surface area contributed by atoms with Crippen molar-refractivity contribution in [2.45, 2.75) is 0 Å². The van der Waals surface area contributed by atoms with Crippen molar-refractivity contribution in [3.8, 4) is 6.07 Å². The van der Waals surface area contributed by atoms with Gasteiger partial charge in [0.1, 0.15) is 11.8 Å². The predicted octanol–water partition coefficient (Wildman–Crippen LogP) is 4.02. The highest BCUT2D eigenvalue weighted by atomic mass is 16.1. The largest absolute Gasteiger partial charge is 0.378 e. The molecule has 2 aromatic carbocycles. The van der Waals surface area contributed by atoms with Gasteiger partial charge in [0.25, 0.3) is 5.91 Å². The van der Waals surface area contributed by atoms with E-state index in [2.05, 4.69) is 21.7 Å². The Labute approximate surface area is 158 Å². The number of carbonyl (C=O) groups excluding carboxylic acids is 1. The maximum Gasteiger partial charge on any atom is 0.274 e. The lowest BCUT2D eigenvalue weighted by Crippen LogP contribution is -2.14. The molecule has 0 spiro atoms. The van der Waals surface area contributed by atoms with Gasteiger partial charge < -0.3 is 15.5 Å². The van der Waals surface area contributed by atoms with Crippen molar-refractivity contribution >= 4 is 28.7 Å². The Hall–Kier alpha value is -3.85. The van der Waals surface area contributed by atoms with Crippen molar-refractivity contribution in [1.29, 1.82) is 5.26 Å². The van der Waals surface area contributed by atoms with Crippen LogP contribution in [0.2, 0.25) is 0 Å². The zero-order valence-corrected chi connectivity index (χ0v) is 15.1. The summed E-state index contributed by atoms with van der Waals surface area (Å²) >= 11 is 0. The van der Waals surface area contributed by atoms with Gasteiger partial charge in [-0.3, -0.25) is 9.78 Å². The lowest BCUT2D eigenvalue weighted by molar-refractivity contribution is 0.102. The summed E-state index contributed by atoms with van der Waals surface area (Å²) in [5.74, 6) is -0.371. The van der Waals surface area contributed by atoms with Crippen molar-refractivity contribution in [3.63, 3.8) is 0 Å². The highest BCUT2D eigenvalue weighted by molar-refractivity contribution is 6.04. The van der Waals surface area contributed by atoms with Crippen molar-refractivity contribution in [3.05, 3.63) is 78.1 Å². The predicted molar refractivity (Wildman–Crippen MR) is 107 cm³/mol. The molecule has 0 unspecified atom stereocenters. The lowest BCUT2D eigenvalue weighted by Gasteiger charge is -2.13. The molecule has 0 atom stereocenters. The third-order valence-corrected chi connectivity index (χ3v) is 3.96. The summed E-state index contributed by atoms with van der Waals surface area (Å²) in [5.41, 5.74) is 3.89. The van der Waals surface area contributed by atoms with Gasteiger partial charge in [-0.25, -0.2) is 0 Å². The molecule has 0 saturated carbocycles. The van der Waals surface area contributed by atoms with Crippen LogP contribution in [-0.2, 0) is 0 Å². The summed E-state index contributed by atoms with van der Waals surface area (Å²) in [4.78, 5) is 18.6. The van der Waals surface area contributed by atoms with Gasteiger partial charge in [-0.05, 0) is 48.5 Å². The van der Waals surface area contributed by atoms with Crippen LogP contribution in [-0.4, -0.2) is 25.0 Å². The van der Waals surface area contributed by atoms with Crippen LogP contribution in [0.25, 0.3) is 0 Å². The van der Waals surface area contributed by atoms with Crippen molar-refractivity contribution in [2.24, 2.45) is 0 Å². The first-order chi connectivity index (χ1) is 13.1. The van der Waals surface area contributed by atoms with E-state index in [1.807, 2.05) is 43.3 Å². The van der Waals surface area contributed by atoms with E-state index in [4.69, 9.17) is 5.26 Å². The van der Waals surface area contributed by atoms with Crippen LogP contribution < -0.4 is 15.5 Å². The second-order valence-corrected chi connectivity index (χ2v) is 6.11. The highest BCUT2D eigenvalue weighted by Crippen LogP contribution is 2.21. The molecule has 0 radical (unpaired) electrons. The number of hydrogen-bond donors (Lipinski definition) is 2. The van der Waals surface area contributed by atoms with Crippen molar-refractivity contribution < 1.29 is 4.79 Å². The average molecular weight is 357 g/mol. The summed E-state index contributed by atoms with van der Waals surface area (Å²) in [5, 5.41) is 15.1. The van der Waals surface area contributed by atoms with E-state index >= 15 is 0 Å². The first-order valence-corrected chi connectivity index (χ1v) is 8.38. The topological polar surface area (TPSA) is 81.1 Å². The van der Waals surface area contributed by atoms with Gasteiger partial charge in [0.2, 0.25) is 0 Å². The van der Waals surface area contributed by atoms with Crippen LogP contribution in [0.3, 0.4) is 0 Å². The Balaban J connectivity index is 1.75. The Morgan fingerprint density at radius 3 is 2.48 bits per heavy atom. The number of aromatic nitrogens is 1. The lowest BCUT2D eigenvalue weighted by atomic mass is 10.2. The summed E-state index contributed by atoms with van der Waals surface area (Å²) in [6.45, 7) is 0.